The number of hydrogen-bond donors (Lipinski definition) is 1. The minimum Gasteiger partial charge on any atom is -0.368 e. The number of imidazole rings is 2. The van der Waals surface area contributed by atoms with Crippen LogP contribution in [-0.4, -0.2) is 34.1 Å². The van der Waals surface area contributed by atoms with E-state index in [1.165, 1.54) is 0 Å². The number of nitrogen functional groups attached to an aromatic ring is 1. The highest BCUT2D eigenvalue weighted by Gasteiger charge is 2.09. The fourth-order valence-electron chi connectivity index (χ4n) is 1.56. The third-order valence-electron chi connectivity index (χ3n) is 2.41. The quantitative estimate of drug-likeness (QED) is 0.685. The molecule has 8 heteroatoms. The van der Waals surface area contributed by atoms with Gasteiger partial charge in [0.2, 0.25) is 17.8 Å². The smallest absolute Gasteiger partial charge is 0.241 e. The number of nitrogens with two attached hydrogens (primary N) is 1. The van der Waals surface area contributed by atoms with Crippen LogP contribution in [0, 0.1) is 6.92 Å². The van der Waals surface area contributed by atoms with Crippen molar-refractivity contribution in [2.24, 2.45) is 0 Å². The van der Waals surface area contributed by atoms with E-state index in [0.717, 1.165) is 5.82 Å². The first-order chi connectivity index (χ1) is 8.74. The lowest BCUT2D eigenvalue weighted by atomic mass is 10.6. The normalized spacial score (nSPS) is 10.7. The minimum absolute atomic E-state index is 0.150. The molecule has 0 saturated carbocycles. The lowest BCUT2D eigenvalue weighted by Gasteiger charge is -2.06. The van der Waals surface area contributed by atoms with Gasteiger partial charge in [0.15, 0.2) is 0 Å². The molecule has 3 rings (SSSR count). The second kappa shape index (κ2) is 3.91. The van der Waals surface area contributed by atoms with Crippen molar-refractivity contribution in [2.75, 3.05) is 5.73 Å². The molecule has 18 heavy (non-hydrogen) atoms. The van der Waals surface area contributed by atoms with Crippen molar-refractivity contribution < 1.29 is 0 Å². The molecule has 0 fully saturated rings. The summed E-state index contributed by atoms with van der Waals surface area (Å²) in [6.07, 6.45) is 8.41. The van der Waals surface area contributed by atoms with E-state index in [-0.39, 0.29) is 5.95 Å². The molecule has 2 N–H and O–H groups in total. The van der Waals surface area contributed by atoms with Crippen LogP contribution in [0.15, 0.2) is 31.1 Å². The zero-order valence-electron chi connectivity index (χ0n) is 9.59. The Morgan fingerprint density at radius 3 is 2.56 bits per heavy atom. The van der Waals surface area contributed by atoms with Gasteiger partial charge in [-0.3, -0.25) is 9.13 Å². The molecular formula is C10H10N8. The third-order valence-corrected chi connectivity index (χ3v) is 2.41. The number of aryl methyl sites for hydroxylation is 1. The molecule has 0 amide bonds. The summed E-state index contributed by atoms with van der Waals surface area (Å²) in [6, 6.07) is 0. The average molecular weight is 242 g/mol. The van der Waals surface area contributed by atoms with Crippen LogP contribution in [0.4, 0.5) is 5.95 Å². The number of rotatable bonds is 2. The first kappa shape index (κ1) is 10.4. The van der Waals surface area contributed by atoms with Crippen molar-refractivity contribution in [1.82, 2.24) is 34.1 Å². The van der Waals surface area contributed by atoms with Crippen LogP contribution >= 0.6 is 0 Å². The summed E-state index contributed by atoms with van der Waals surface area (Å²) in [7, 11) is 0. The summed E-state index contributed by atoms with van der Waals surface area (Å²) in [4.78, 5) is 20.5. The van der Waals surface area contributed by atoms with Crippen molar-refractivity contribution >= 4 is 5.95 Å². The van der Waals surface area contributed by atoms with E-state index >= 15 is 0 Å². The van der Waals surface area contributed by atoms with Crippen LogP contribution < -0.4 is 5.73 Å². The van der Waals surface area contributed by atoms with Crippen LogP contribution in [0.2, 0.25) is 0 Å². The standard InChI is InChI=1S/C10H10N8/c1-7-13-3-5-18(7)10-15-8(11)14-9(16-10)17-4-2-12-6-17/h2-6H,1H3,(H2,11,14,15,16). The second-order valence-electron chi connectivity index (χ2n) is 3.61. The number of nitrogens with zero attached hydrogens (tertiary/aromatic N) is 7. The fourth-order valence-corrected chi connectivity index (χ4v) is 1.56. The second-order valence-corrected chi connectivity index (χ2v) is 3.61. The molecule has 3 heterocycles. The molecule has 0 spiro atoms. The zero-order valence-corrected chi connectivity index (χ0v) is 9.59. The molecule has 0 atom stereocenters. The maximum atomic E-state index is 5.69. The molecule has 0 aromatic carbocycles. The molecule has 0 radical (unpaired) electrons. The predicted octanol–water partition coefficient (Wildman–Crippen LogP) is 0.134. The summed E-state index contributed by atoms with van der Waals surface area (Å²) < 4.78 is 3.40. The Hall–Kier alpha value is -2.77. The van der Waals surface area contributed by atoms with E-state index in [9.17, 15) is 0 Å². The Kier molecular flexibility index (Phi) is 2.26. The Labute approximate surface area is 102 Å². The van der Waals surface area contributed by atoms with E-state index < -0.39 is 0 Å². The van der Waals surface area contributed by atoms with Gasteiger partial charge in [-0.05, 0) is 6.92 Å². The van der Waals surface area contributed by atoms with Gasteiger partial charge in [-0.1, -0.05) is 0 Å². The Bertz CT molecular complexity index is 669. The van der Waals surface area contributed by atoms with E-state index in [2.05, 4.69) is 24.9 Å². The zero-order chi connectivity index (χ0) is 12.5. The number of aromatic nitrogens is 7. The van der Waals surface area contributed by atoms with Crippen LogP contribution in [0.5, 0.6) is 0 Å². The van der Waals surface area contributed by atoms with Crippen LogP contribution in [0.1, 0.15) is 5.82 Å². The Balaban J connectivity index is 2.15. The lowest BCUT2D eigenvalue weighted by molar-refractivity contribution is 0.826. The van der Waals surface area contributed by atoms with Crippen LogP contribution in [-0.2, 0) is 0 Å². The largest absolute Gasteiger partial charge is 0.368 e. The summed E-state index contributed by atoms with van der Waals surface area (Å²) in [6.45, 7) is 1.86. The van der Waals surface area contributed by atoms with Crippen molar-refractivity contribution in [3.8, 4) is 11.9 Å². The predicted molar refractivity (Wildman–Crippen MR) is 63.2 cm³/mol. The molecule has 0 aliphatic rings. The Morgan fingerprint density at radius 1 is 1.06 bits per heavy atom. The fraction of sp³-hybridized carbons (Fsp3) is 0.100. The molecule has 0 aliphatic heterocycles. The first-order valence-electron chi connectivity index (χ1n) is 5.24. The van der Waals surface area contributed by atoms with E-state index in [1.807, 2.05) is 6.92 Å². The summed E-state index contributed by atoms with van der Waals surface area (Å²) >= 11 is 0. The van der Waals surface area contributed by atoms with Crippen LogP contribution in [0.3, 0.4) is 0 Å². The van der Waals surface area contributed by atoms with Gasteiger partial charge >= 0.3 is 0 Å². The topological polar surface area (TPSA) is 100 Å². The van der Waals surface area contributed by atoms with Gasteiger partial charge in [0.25, 0.3) is 0 Å². The maximum absolute atomic E-state index is 5.69. The van der Waals surface area contributed by atoms with E-state index in [4.69, 9.17) is 5.73 Å². The highest BCUT2D eigenvalue weighted by atomic mass is 15.3. The van der Waals surface area contributed by atoms with Gasteiger partial charge in [-0.25, -0.2) is 9.97 Å². The Morgan fingerprint density at radius 2 is 1.89 bits per heavy atom. The monoisotopic (exact) mass is 242 g/mol. The van der Waals surface area contributed by atoms with Crippen molar-refractivity contribution in [3.05, 3.63) is 36.9 Å². The van der Waals surface area contributed by atoms with Gasteiger partial charge in [0, 0.05) is 24.8 Å². The van der Waals surface area contributed by atoms with Crippen molar-refractivity contribution in [3.63, 3.8) is 0 Å². The van der Waals surface area contributed by atoms with Gasteiger partial charge in [-0.2, -0.15) is 15.0 Å². The van der Waals surface area contributed by atoms with E-state index in [0.29, 0.717) is 11.9 Å². The molecule has 0 saturated heterocycles. The molecule has 90 valence electrons. The van der Waals surface area contributed by atoms with Gasteiger partial charge in [-0.15, -0.1) is 0 Å². The molecule has 0 bridgehead atoms. The SMILES string of the molecule is Cc1nccn1-c1nc(N)nc(-n2ccnc2)n1. The number of anilines is 1. The minimum atomic E-state index is 0.150. The summed E-state index contributed by atoms with van der Waals surface area (Å²) in [5, 5.41) is 0. The third kappa shape index (κ3) is 1.69. The number of hydrogen-bond acceptors (Lipinski definition) is 6. The van der Waals surface area contributed by atoms with Gasteiger partial charge < -0.3 is 5.73 Å². The average Bonchev–Trinajstić information content (AvgIpc) is 2.98. The molecule has 0 unspecified atom stereocenters. The maximum Gasteiger partial charge on any atom is 0.241 e. The highest BCUT2D eigenvalue weighted by Crippen LogP contribution is 2.08. The van der Waals surface area contributed by atoms with Crippen molar-refractivity contribution in [1.29, 1.82) is 0 Å². The van der Waals surface area contributed by atoms with E-state index in [1.54, 1.807) is 40.2 Å². The van der Waals surface area contributed by atoms with Gasteiger partial charge in [0.1, 0.15) is 12.2 Å². The lowest BCUT2D eigenvalue weighted by Crippen LogP contribution is -2.10. The first-order valence-corrected chi connectivity index (χ1v) is 5.24. The molecule has 8 nitrogen and oxygen atoms in total. The molecule has 3 aromatic heterocycles. The summed E-state index contributed by atoms with van der Waals surface area (Å²) in [5.41, 5.74) is 5.69. The van der Waals surface area contributed by atoms with Crippen LogP contribution in [0.25, 0.3) is 11.9 Å². The molecule has 3 aromatic rings. The highest BCUT2D eigenvalue weighted by molar-refractivity contribution is 5.29. The molecular weight excluding hydrogens is 232 g/mol. The van der Waals surface area contributed by atoms with Gasteiger partial charge in [0.05, 0.1) is 0 Å². The summed E-state index contributed by atoms with van der Waals surface area (Å²) in [5.74, 6) is 1.78. The van der Waals surface area contributed by atoms with Crippen molar-refractivity contribution in [2.45, 2.75) is 6.92 Å². The molecule has 0 aliphatic carbocycles.